The highest BCUT2D eigenvalue weighted by atomic mass is 32.1. The van der Waals surface area contributed by atoms with Crippen LogP contribution in [0.5, 0.6) is 0 Å². The lowest BCUT2D eigenvalue weighted by molar-refractivity contribution is 0.0984. The Hall–Kier alpha value is -2.07. The van der Waals surface area contributed by atoms with Gasteiger partial charge in [-0.1, -0.05) is 42.5 Å². The third-order valence-corrected chi connectivity index (χ3v) is 3.24. The van der Waals surface area contributed by atoms with Gasteiger partial charge >= 0.3 is 0 Å². The zero-order chi connectivity index (χ0) is 12.7. The minimum Gasteiger partial charge on any atom is -0.312 e. The molecule has 0 spiro atoms. The van der Waals surface area contributed by atoms with E-state index in [-0.39, 0.29) is 11.7 Å². The fourth-order valence-corrected chi connectivity index (χ4v) is 2.35. The summed E-state index contributed by atoms with van der Waals surface area (Å²) in [5.74, 6) is -0.499. The molecule has 0 saturated heterocycles. The number of fused-ring (bicyclic) bond motifs is 1. The summed E-state index contributed by atoms with van der Waals surface area (Å²) in [6.45, 7) is 0. The lowest BCUT2D eigenvalue weighted by Crippen LogP contribution is -2.19. The monoisotopic (exact) mass is 257 g/mol. The smallest absolute Gasteiger partial charge is 0.257 e. The van der Waals surface area contributed by atoms with Gasteiger partial charge in [0.1, 0.15) is 10.8 Å². The molecule has 4 heteroatoms. The Balaban J connectivity index is 2.23. The van der Waals surface area contributed by atoms with Gasteiger partial charge in [0.25, 0.3) is 5.91 Å². The van der Waals surface area contributed by atoms with Gasteiger partial charge in [-0.15, -0.1) is 0 Å². The molecule has 0 aromatic heterocycles. The van der Waals surface area contributed by atoms with Crippen LogP contribution in [0.3, 0.4) is 0 Å². The SMILES string of the molecule is O=C1NC(=S)c2cccc(-c3ccc(F)cc3)c21. The molecule has 0 atom stereocenters. The highest BCUT2D eigenvalue weighted by Gasteiger charge is 2.26. The maximum absolute atomic E-state index is 12.9. The third kappa shape index (κ3) is 1.62. The third-order valence-electron chi connectivity index (χ3n) is 2.92. The van der Waals surface area contributed by atoms with E-state index in [4.69, 9.17) is 12.2 Å². The molecular weight excluding hydrogens is 249 g/mol. The first-order chi connectivity index (χ1) is 8.66. The Kier molecular flexibility index (Phi) is 2.45. The lowest BCUT2D eigenvalue weighted by Gasteiger charge is -2.06. The van der Waals surface area contributed by atoms with Crippen LogP contribution in [0.25, 0.3) is 11.1 Å². The van der Waals surface area contributed by atoms with Crippen molar-refractivity contribution in [2.24, 2.45) is 0 Å². The van der Waals surface area contributed by atoms with Gasteiger partial charge in [-0.3, -0.25) is 4.79 Å². The van der Waals surface area contributed by atoms with Crippen molar-refractivity contribution in [2.45, 2.75) is 0 Å². The van der Waals surface area contributed by atoms with Gasteiger partial charge in [0.05, 0.1) is 5.56 Å². The highest BCUT2D eigenvalue weighted by Crippen LogP contribution is 2.29. The Bertz CT molecular complexity index is 664. The first-order valence-electron chi connectivity index (χ1n) is 5.41. The average Bonchev–Trinajstić information content (AvgIpc) is 2.66. The molecule has 0 fully saturated rings. The van der Waals surface area contributed by atoms with E-state index in [1.807, 2.05) is 18.2 Å². The number of hydrogen-bond acceptors (Lipinski definition) is 2. The first-order valence-corrected chi connectivity index (χ1v) is 5.82. The molecule has 0 bridgehead atoms. The molecule has 1 N–H and O–H groups in total. The van der Waals surface area contributed by atoms with Gasteiger partial charge in [-0.25, -0.2) is 4.39 Å². The van der Waals surface area contributed by atoms with Gasteiger partial charge in [0.2, 0.25) is 0 Å². The number of amides is 1. The number of rotatable bonds is 1. The molecule has 2 nitrogen and oxygen atoms in total. The zero-order valence-electron chi connectivity index (χ0n) is 9.24. The molecule has 1 aliphatic rings. The molecule has 0 aliphatic carbocycles. The summed E-state index contributed by atoms with van der Waals surface area (Å²) >= 11 is 5.09. The molecule has 0 saturated carbocycles. The van der Waals surface area contributed by atoms with Crippen molar-refractivity contribution in [3.8, 4) is 11.1 Å². The molecule has 1 heterocycles. The lowest BCUT2D eigenvalue weighted by atomic mass is 9.97. The van der Waals surface area contributed by atoms with Gasteiger partial charge in [0.15, 0.2) is 0 Å². The molecule has 2 aromatic carbocycles. The largest absolute Gasteiger partial charge is 0.312 e. The molecule has 18 heavy (non-hydrogen) atoms. The molecule has 1 amide bonds. The minimum absolute atomic E-state index is 0.199. The van der Waals surface area contributed by atoms with Crippen LogP contribution >= 0.6 is 12.2 Å². The quantitative estimate of drug-likeness (QED) is 0.796. The van der Waals surface area contributed by atoms with Crippen molar-refractivity contribution in [3.63, 3.8) is 0 Å². The number of thiocarbonyl (C=S) groups is 1. The summed E-state index contributed by atoms with van der Waals surface area (Å²) in [6, 6.07) is 11.5. The molecule has 0 radical (unpaired) electrons. The van der Waals surface area contributed by atoms with E-state index < -0.39 is 0 Å². The predicted molar refractivity (Wildman–Crippen MR) is 71.0 cm³/mol. The summed E-state index contributed by atoms with van der Waals surface area (Å²) in [4.78, 5) is 12.3. The summed E-state index contributed by atoms with van der Waals surface area (Å²) in [5, 5.41) is 2.62. The van der Waals surface area contributed by atoms with Crippen LogP contribution in [0.4, 0.5) is 4.39 Å². The van der Waals surface area contributed by atoms with E-state index in [1.54, 1.807) is 12.1 Å². The molecule has 1 aliphatic heterocycles. The van der Waals surface area contributed by atoms with E-state index in [2.05, 4.69) is 5.32 Å². The highest BCUT2D eigenvalue weighted by molar-refractivity contribution is 7.80. The van der Waals surface area contributed by atoms with Crippen molar-refractivity contribution >= 4 is 23.1 Å². The Morgan fingerprint density at radius 2 is 1.67 bits per heavy atom. The van der Waals surface area contributed by atoms with Crippen LogP contribution in [0, 0.1) is 5.82 Å². The standard InChI is InChI=1S/C14H8FNOS/c15-9-6-4-8(5-7-9)10-2-1-3-11-12(10)13(17)16-14(11)18/h1-7H,(H,16,17,18). The van der Waals surface area contributed by atoms with Crippen molar-refractivity contribution in [2.75, 3.05) is 0 Å². The minimum atomic E-state index is -0.300. The topological polar surface area (TPSA) is 29.1 Å². The Morgan fingerprint density at radius 3 is 2.39 bits per heavy atom. The van der Waals surface area contributed by atoms with Gasteiger partial charge in [-0.2, -0.15) is 0 Å². The van der Waals surface area contributed by atoms with Crippen molar-refractivity contribution in [3.05, 3.63) is 59.4 Å². The van der Waals surface area contributed by atoms with Gasteiger partial charge < -0.3 is 5.32 Å². The summed E-state index contributed by atoms with van der Waals surface area (Å²) in [7, 11) is 0. The normalized spacial score (nSPS) is 13.4. The molecule has 2 aromatic rings. The predicted octanol–water partition coefficient (Wildman–Crippen LogP) is 2.91. The fraction of sp³-hybridized carbons (Fsp3) is 0. The second-order valence-electron chi connectivity index (χ2n) is 4.02. The van der Waals surface area contributed by atoms with Crippen LogP contribution in [0.2, 0.25) is 0 Å². The van der Waals surface area contributed by atoms with E-state index in [9.17, 15) is 9.18 Å². The number of benzene rings is 2. The average molecular weight is 257 g/mol. The van der Waals surface area contributed by atoms with E-state index >= 15 is 0 Å². The summed E-state index contributed by atoms with van der Waals surface area (Å²) in [5.41, 5.74) is 2.86. The van der Waals surface area contributed by atoms with Gasteiger partial charge in [-0.05, 0) is 23.3 Å². The van der Waals surface area contributed by atoms with Crippen molar-refractivity contribution < 1.29 is 9.18 Å². The Morgan fingerprint density at radius 1 is 1.00 bits per heavy atom. The van der Waals surface area contributed by atoms with Crippen LogP contribution < -0.4 is 5.32 Å². The van der Waals surface area contributed by atoms with Gasteiger partial charge in [0, 0.05) is 5.56 Å². The molecule has 0 unspecified atom stereocenters. The van der Waals surface area contributed by atoms with Crippen molar-refractivity contribution in [1.82, 2.24) is 5.32 Å². The zero-order valence-corrected chi connectivity index (χ0v) is 10.1. The number of nitrogens with one attached hydrogen (secondary N) is 1. The van der Waals surface area contributed by atoms with Crippen LogP contribution in [0.1, 0.15) is 15.9 Å². The van der Waals surface area contributed by atoms with E-state index in [0.29, 0.717) is 10.6 Å². The van der Waals surface area contributed by atoms with Crippen molar-refractivity contribution in [1.29, 1.82) is 0 Å². The van der Waals surface area contributed by atoms with Crippen LogP contribution in [0.15, 0.2) is 42.5 Å². The summed E-state index contributed by atoms with van der Waals surface area (Å²) < 4.78 is 12.9. The maximum atomic E-state index is 12.9. The number of carbonyl (C=O) groups is 1. The molecule has 88 valence electrons. The molecular formula is C14H8FNOS. The number of carbonyl (C=O) groups excluding carboxylic acids is 1. The fourth-order valence-electron chi connectivity index (χ4n) is 2.09. The molecule has 3 rings (SSSR count). The number of halogens is 1. The second-order valence-corrected chi connectivity index (χ2v) is 4.43. The second kappa shape index (κ2) is 3.99. The van der Waals surface area contributed by atoms with Crippen LogP contribution in [-0.2, 0) is 0 Å². The van der Waals surface area contributed by atoms with E-state index in [1.165, 1.54) is 12.1 Å². The maximum Gasteiger partial charge on any atom is 0.257 e. The number of hydrogen-bond donors (Lipinski definition) is 1. The van der Waals surface area contributed by atoms with Crippen LogP contribution in [-0.4, -0.2) is 10.9 Å². The summed E-state index contributed by atoms with van der Waals surface area (Å²) in [6.07, 6.45) is 0. The first kappa shape index (κ1) is 11.0. The van der Waals surface area contributed by atoms with E-state index in [0.717, 1.165) is 16.7 Å². The Labute approximate surface area is 108 Å².